The van der Waals surface area contributed by atoms with Crippen LogP contribution in [0.4, 0.5) is 0 Å². The summed E-state index contributed by atoms with van der Waals surface area (Å²) in [4.78, 5) is 8.50. The maximum atomic E-state index is 4.47. The molecule has 0 fully saturated rings. The number of hydrogen-bond donors (Lipinski definition) is 0. The van der Waals surface area contributed by atoms with Crippen molar-refractivity contribution >= 4 is 11.3 Å². The molecule has 0 unspecified atom stereocenters. The molecule has 4 nitrogen and oxygen atoms in total. The first-order valence-corrected chi connectivity index (χ1v) is 6.54. The van der Waals surface area contributed by atoms with Crippen molar-refractivity contribution in [3.8, 4) is 11.3 Å². The summed E-state index contributed by atoms with van der Waals surface area (Å²) in [5.74, 6) is 0. The van der Waals surface area contributed by atoms with Crippen molar-refractivity contribution in [1.82, 2.24) is 19.7 Å². The Labute approximate surface area is 109 Å². The Hall–Kier alpha value is -2.01. The number of aromatic nitrogens is 4. The molecule has 0 aromatic carbocycles. The van der Waals surface area contributed by atoms with Crippen molar-refractivity contribution in [2.75, 3.05) is 0 Å². The molecule has 3 rings (SSSR count). The third kappa shape index (κ3) is 2.17. The summed E-state index contributed by atoms with van der Waals surface area (Å²) in [6, 6.07) is 5.98. The zero-order chi connectivity index (χ0) is 12.4. The molecule has 0 amide bonds. The smallest absolute Gasteiger partial charge is 0.0898 e. The van der Waals surface area contributed by atoms with E-state index in [0.717, 1.165) is 22.0 Å². The van der Waals surface area contributed by atoms with Crippen LogP contribution in [-0.2, 0) is 6.54 Å². The van der Waals surface area contributed by atoms with E-state index in [0.29, 0.717) is 6.54 Å². The second kappa shape index (κ2) is 4.70. The predicted molar refractivity (Wildman–Crippen MR) is 71.4 cm³/mol. The fourth-order valence-electron chi connectivity index (χ4n) is 1.86. The highest BCUT2D eigenvalue weighted by Crippen LogP contribution is 2.19. The molecule has 0 aliphatic carbocycles. The summed E-state index contributed by atoms with van der Waals surface area (Å²) in [5.41, 5.74) is 3.26. The second-order valence-electron chi connectivity index (χ2n) is 3.97. The molecule has 0 atom stereocenters. The molecular weight excluding hydrogens is 244 g/mol. The Morgan fingerprint density at radius 3 is 2.72 bits per heavy atom. The summed E-state index contributed by atoms with van der Waals surface area (Å²) >= 11 is 1.67. The van der Waals surface area contributed by atoms with Crippen LogP contribution in [0.5, 0.6) is 0 Å². The van der Waals surface area contributed by atoms with Gasteiger partial charge in [0, 0.05) is 29.5 Å². The van der Waals surface area contributed by atoms with E-state index in [1.165, 1.54) is 0 Å². The van der Waals surface area contributed by atoms with Gasteiger partial charge in [0.1, 0.15) is 0 Å². The van der Waals surface area contributed by atoms with Gasteiger partial charge in [-0.05, 0) is 25.1 Å². The number of pyridine rings is 1. The van der Waals surface area contributed by atoms with E-state index < -0.39 is 0 Å². The molecule has 0 radical (unpaired) electrons. The van der Waals surface area contributed by atoms with Crippen LogP contribution in [0.3, 0.4) is 0 Å². The second-order valence-corrected chi connectivity index (χ2v) is 5.03. The first-order chi connectivity index (χ1) is 8.83. The molecule has 0 aliphatic heterocycles. The van der Waals surface area contributed by atoms with E-state index >= 15 is 0 Å². The van der Waals surface area contributed by atoms with Gasteiger partial charge < -0.3 is 0 Å². The summed E-state index contributed by atoms with van der Waals surface area (Å²) in [6.07, 6.45) is 5.40. The maximum absolute atomic E-state index is 4.47. The third-order valence-corrected chi connectivity index (χ3v) is 3.49. The lowest BCUT2D eigenvalue weighted by atomic mass is 10.2. The third-order valence-electron chi connectivity index (χ3n) is 2.67. The molecule has 0 saturated heterocycles. The van der Waals surface area contributed by atoms with Crippen molar-refractivity contribution in [2.24, 2.45) is 0 Å². The highest BCUT2D eigenvalue weighted by molar-refractivity contribution is 7.09. The molecule has 3 aromatic heterocycles. The van der Waals surface area contributed by atoms with Crippen LogP contribution in [0.1, 0.15) is 10.7 Å². The normalized spacial score (nSPS) is 10.7. The average Bonchev–Trinajstić information content (AvgIpc) is 3.00. The molecule has 0 N–H and O–H groups in total. The van der Waals surface area contributed by atoms with E-state index in [2.05, 4.69) is 20.4 Å². The van der Waals surface area contributed by atoms with Crippen LogP contribution < -0.4 is 0 Å². The SMILES string of the molecule is Cc1nc(Cn2nccc2-c2ccncc2)cs1. The standard InChI is InChI=1S/C13H12N4S/c1-10-16-12(9-18-10)8-17-13(4-7-15-17)11-2-5-14-6-3-11/h2-7,9H,8H2,1H3. The Morgan fingerprint density at radius 2 is 2.00 bits per heavy atom. The largest absolute Gasteiger partial charge is 0.265 e. The first kappa shape index (κ1) is 11.1. The van der Waals surface area contributed by atoms with E-state index in [9.17, 15) is 0 Å². The van der Waals surface area contributed by atoms with Crippen molar-refractivity contribution < 1.29 is 0 Å². The van der Waals surface area contributed by atoms with Gasteiger partial charge >= 0.3 is 0 Å². The minimum absolute atomic E-state index is 0.703. The van der Waals surface area contributed by atoms with E-state index in [1.807, 2.05) is 36.0 Å². The topological polar surface area (TPSA) is 43.6 Å². The number of aryl methyl sites for hydroxylation is 1. The monoisotopic (exact) mass is 256 g/mol. The molecule has 0 spiro atoms. The fraction of sp³-hybridized carbons (Fsp3) is 0.154. The maximum Gasteiger partial charge on any atom is 0.0898 e. The zero-order valence-electron chi connectivity index (χ0n) is 9.95. The Kier molecular flexibility index (Phi) is 2.90. The van der Waals surface area contributed by atoms with Crippen LogP contribution in [0.25, 0.3) is 11.3 Å². The first-order valence-electron chi connectivity index (χ1n) is 5.66. The van der Waals surface area contributed by atoms with Crippen molar-refractivity contribution in [1.29, 1.82) is 0 Å². The van der Waals surface area contributed by atoms with Crippen molar-refractivity contribution in [3.63, 3.8) is 0 Å². The van der Waals surface area contributed by atoms with Gasteiger partial charge in [-0.15, -0.1) is 11.3 Å². The zero-order valence-corrected chi connectivity index (χ0v) is 10.8. The molecule has 18 heavy (non-hydrogen) atoms. The van der Waals surface area contributed by atoms with Gasteiger partial charge in [-0.1, -0.05) is 0 Å². The molecule has 0 bridgehead atoms. The lowest BCUT2D eigenvalue weighted by molar-refractivity contribution is 0.682. The van der Waals surface area contributed by atoms with E-state index in [1.54, 1.807) is 23.7 Å². The fourth-order valence-corrected chi connectivity index (χ4v) is 2.46. The summed E-state index contributed by atoms with van der Waals surface area (Å²) < 4.78 is 1.96. The number of rotatable bonds is 3. The highest BCUT2D eigenvalue weighted by Gasteiger charge is 2.07. The number of nitrogens with zero attached hydrogens (tertiary/aromatic N) is 4. The number of hydrogen-bond acceptors (Lipinski definition) is 4. The van der Waals surface area contributed by atoms with Crippen LogP contribution in [0.15, 0.2) is 42.2 Å². The van der Waals surface area contributed by atoms with Gasteiger partial charge in [0.05, 0.1) is 22.9 Å². The van der Waals surface area contributed by atoms with Crippen LogP contribution >= 0.6 is 11.3 Å². The Morgan fingerprint density at radius 1 is 1.17 bits per heavy atom. The quantitative estimate of drug-likeness (QED) is 0.723. The summed E-state index contributed by atoms with van der Waals surface area (Å²) in [6.45, 7) is 2.72. The number of thiazole rings is 1. The summed E-state index contributed by atoms with van der Waals surface area (Å²) in [7, 11) is 0. The molecule has 5 heteroatoms. The van der Waals surface area contributed by atoms with Crippen molar-refractivity contribution in [2.45, 2.75) is 13.5 Å². The minimum Gasteiger partial charge on any atom is -0.265 e. The van der Waals surface area contributed by atoms with Gasteiger partial charge in [-0.25, -0.2) is 4.98 Å². The lowest BCUT2D eigenvalue weighted by Gasteiger charge is -2.05. The minimum atomic E-state index is 0.703. The average molecular weight is 256 g/mol. The van der Waals surface area contributed by atoms with Gasteiger partial charge in [-0.2, -0.15) is 5.10 Å². The summed E-state index contributed by atoms with van der Waals surface area (Å²) in [5, 5.41) is 7.52. The van der Waals surface area contributed by atoms with E-state index in [-0.39, 0.29) is 0 Å². The Balaban J connectivity index is 1.93. The highest BCUT2D eigenvalue weighted by atomic mass is 32.1. The molecule has 90 valence electrons. The van der Waals surface area contributed by atoms with Gasteiger partial charge in [0.15, 0.2) is 0 Å². The van der Waals surface area contributed by atoms with Crippen LogP contribution in [0, 0.1) is 6.92 Å². The molecule has 3 aromatic rings. The van der Waals surface area contributed by atoms with Gasteiger partial charge in [-0.3, -0.25) is 9.67 Å². The molecule has 3 heterocycles. The molecule has 0 aliphatic rings. The molecule has 0 saturated carbocycles. The van der Waals surface area contributed by atoms with Gasteiger partial charge in [0.2, 0.25) is 0 Å². The lowest BCUT2D eigenvalue weighted by Crippen LogP contribution is -2.03. The predicted octanol–water partition coefficient (Wildman–Crippen LogP) is 2.76. The van der Waals surface area contributed by atoms with Crippen LogP contribution in [0.2, 0.25) is 0 Å². The van der Waals surface area contributed by atoms with Crippen LogP contribution in [-0.4, -0.2) is 19.7 Å². The van der Waals surface area contributed by atoms with E-state index in [4.69, 9.17) is 0 Å². The van der Waals surface area contributed by atoms with Crippen molar-refractivity contribution in [3.05, 3.63) is 52.9 Å². The van der Waals surface area contributed by atoms with Gasteiger partial charge in [0.25, 0.3) is 0 Å². The Bertz CT molecular complexity index is 642. The molecular formula is C13H12N4S.